The van der Waals surface area contributed by atoms with Crippen LogP contribution in [-0.4, -0.2) is 33.0 Å². The Balaban J connectivity index is 1.57. The van der Waals surface area contributed by atoms with Gasteiger partial charge < -0.3 is 14.6 Å². The minimum atomic E-state index is 0.402. The molecule has 0 bridgehead atoms. The molecule has 8 nitrogen and oxygen atoms in total. The molecule has 0 saturated heterocycles. The van der Waals surface area contributed by atoms with E-state index in [9.17, 15) is 0 Å². The van der Waals surface area contributed by atoms with Gasteiger partial charge in [0.25, 0.3) is 0 Å². The molecule has 0 fully saturated rings. The molecular formula is C21H21Cl2N7OS. The van der Waals surface area contributed by atoms with E-state index in [1.807, 2.05) is 28.5 Å². The average molecular weight is 490 g/mol. The van der Waals surface area contributed by atoms with E-state index in [1.165, 1.54) is 11.3 Å². The lowest BCUT2D eigenvalue weighted by molar-refractivity contribution is 0.517. The van der Waals surface area contributed by atoms with Gasteiger partial charge in [0.15, 0.2) is 5.13 Å². The molecule has 3 aromatic heterocycles. The maximum Gasteiger partial charge on any atom is 0.235 e. The minimum Gasteiger partial charge on any atom is -0.467 e. The number of rotatable bonds is 9. The molecule has 0 atom stereocenters. The number of nitrogens with zero attached hydrogens (tertiary/aromatic N) is 5. The summed E-state index contributed by atoms with van der Waals surface area (Å²) in [5.41, 5.74) is 1.66. The zero-order valence-corrected chi connectivity index (χ0v) is 19.8. The van der Waals surface area contributed by atoms with Gasteiger partial charge in [0.05, 0.1) is 28.5 Å². The van der Waals surface area contributed by atoms with E-state index >= 15 is 0 Å². The van der Waals surface area contributed by atoms with Gasteiger partial charge in [-0.15, -0.1) is 11.3 Å². The summed E-state index contributed by atoms with van der Waals surface area (Å²) in [6, 6.07) is 9.16. The van der Waals surface area contributed by atoms with Gasteiger partial charge >= 0.3 is 0 Å². The predicted octanol–water partition coefficient (Wildman–Crippen LogP) is 6.10. The number of nitrogens with one attached hydrogen (secondary N) is 2. The van der Waals surface area contributed by atoms with E-state index in [0.717, 1.165) is 30.1 Å². The van der Waals surface area contributed by atoms with E-state index in [1.54, 1.807) is 18.4 Å². The normalized spacial score (nSPS) is 10.9. The first kappa shape index (κ1) is 22.3. The molecule has 0 radical (unpaired) electrons. The second-order valence-electron chi connectivity index (χ2n) is 6.68. The van der Waals surface area contributed by atoms with Crippen LogP contribution in [0.15, 0.2) is 46.4 Å². The summed E-state index contributed by atoms with van der Waals surface area (Å²) >= 11 is 13.6. The molecule has 0 amide bonds. The highest BCUT2D eigenvalue weighted by molar-refractivity contribution is 7.14. The van der Waals surface area contributed by atoms with Crippen molar-refractivity contribution in [2.45, 2.75) is 20.4 Å². The van der Waals surface area contributed by atoms with Gasteiger partial charge in [0.1, 0.15) is 5.76 Å². The first-order valence-electron chi connectivity index (χ1n) is 10.0. The molecule has 0 aliphatic heterocycles. The Bertz CT molecular complexity index is 1180. The molecule has 0 spiro atoms. The molecule has 4 aromatic rings. The Morgan fingerprint density at radius 1 is 1.00 bits per heavy atom. The van der Waals surface area contributed by atoms with Crippen LogP contribution >= 0.6 is 34.5 Å². The molecule has 0 unspecified atom stereocenters. The quantitative estimate of drug-likeness (QED) is 0.291. The Morgan fingerprint density at radius 3 is 2.53 bits per heavy atom. The molecule has 2 N–H and O–H groups in total. The zero-order valence-electron chi connectivity index (χ0n) is 17.5. The zero-order chi connectivity index (χ0) is 22.5. The van der Waals surface area contributed by atoms with Crippen LogP contribution in [0.4, 0.5) is 23.0 Å². The number of furan rings is 1. The lowest BCUT2D eigenvalue weighted by Crippen LogP contribution is -2.25. The van der Waals surface area contributed by atoms with Gasteiger partial charge in [0.2, 0.25) is 17.8 Å². The molecule has 0 saturated carbocycles. The lowest BCUT2D eigenvalue weighted by Gasteiger charge is -2.19. The lowest BCUT2D eigenvalue weighted by atomic mass is 10.2. The van der Waals surface area contributed by atoms with Gasteiger partial charge in [-0.3, -0.25) is 5.32 Å². The second kappa shape index (κ2) is 10.2. The average Bonchev–Trinajstić information content (AvgIpc) is 3.47. The maximum absolute atomic E-state index is 6.14. The first-order chi connectivity index (χ1) is 15.6. The Labute approximate surface area is 199 Å². The van der Waals surface area contributed by atoms with Crippen LogP contribution in [0.25, 0.3) is 11.3 Å². The van der Waals surface area contributed by atoms with Crippen molar-refractivity contribution in [1.82, 2.24) is 19.9 Å². The van der Waals surface area contributed by atoms with E-state index in [4.69, 9.17) is 27.6 Å². The molecule has 3 heterocycles. The van der Waals surface area contributed by atoms with Gasteiger partial charge in [-0.1, -0.05) is 29.3 Å². The van der Waals surface area contributed by atoms with Crippen LogP contribution in [-0.2, 0) is 6.54 Å². The topological polar surface area (TPSA) is 92.0 Å². The summed E-state index contributed by atoms with van der Waals surface area (Å²) < 4.78 is 5.38. The first-order valence-corrected chi connectivity index (χ1v) is 11.6. The third-order valence-electron chi connectivity index (χ3n) is 4.61. The summed E-state index contributed by atoms with van der Waals surface area (Å²) in [7, 11) is 0. The number of aromatic nitrogens is 4. The summed E-state index contributed by atoms with van der Waals surface area (Å²) in [5.74, 6) is 2.21. The fraction of sp³-hybridized carbons (Fsp3) is 0.238. The Morgan fingerprint density at radius 2 is 1.81 bits per heavy atom. The summed E-state index contributed by atoms with van der Waals surface area (Å²) in [6.45, 7) is 6.13. The second-order valence-corrected chi connectivity index (χ2v) is 8.35. The van der Waals surface area contributed by atoms with Gasteiger partial charge in [-0.05, 0) is 38.1 Å². The van der Waals surface area contributed by atoms with Crippen molar-refractivity contribution in [3.05, 3.63) is 57.8 Å². The number of anilines is 4. The maximum atomic E-state index is 6.14. The monoisotopic (exact) mass is 489 g/mol. The molecule has 11 heteroatoms. The number of thiazole rings is 1. The fourth-order valence-corrected chi connectivity index (χ4v) is 3.95. The van der Waals surface area contributed by atoms with E-state index < -0.39 is 0 Å². The minimum absolute atomic E-state index is 0.402. The van der Waals surface area contributed by atoms with Crippen LogP contribution in [0.2, 0.25) is 10.0 Å². The third kappa shape index (κ3) is 5.29. The number of hydrogen-bond donors (Lipinski definition) is 2. The van der Waals surface area contributed by atoms with Crippen molar-refractivity contribution in [3.63, 3.8) is 0 Å². The van der Waals surface area contributed by atoms with Gasteiger partial charge in [0, 0.05) is 24.0 Å². The van der Waals surface area contributed by atoms with Crippen molar-refractivity contribution in [3.8, 4) is 11.3 Å². The largest absolute Gasteiger partial charge is 0.467 e. The van der Waals surface area contributed by atoms with Crippen molar-refractivity contribution in [1.29, 1.82) is 0 Å². The van der Waals surface area contributed by atoms with Crippen LogP contribution in [0.3, 0.4) is 0 Å². The molecule has 0 aliphatic rings. The summed E-state index contributed by atoms with van der Waals surface area (Å²) in [5, 5.41) is 9.97. The van der Waals surface area contributed by atoms with Crippen LogP contribution < -0.4 is 15.5 Å². The van der Waals surface area contributed by atoms with Crippen LogP contribution in [0.1, 0.15) is 19.6 Å². The number of halogens is 2. The SMILES string of the molecule is CCN(CC)c1nc(NCc2ccco2)nc(Nc2nc(-c3ccc(Cl)c(Cl)c3)cs2)n1. The van der Waals surface area contributed by atoms with Crippen molar-refractivity contribution in [2.75, 3.05) is 28.6 Å². The fourth-order valence-electron chi connectivity index (χ4n) is 2.94. The van der Waals surface area contributed by atoms with E-state index in [0.29, 0.717) is 39.6 Å². The van der Waals surface area contributed by atoms with Crippen molar-refractivity contribution >= 4 is 57.5 Å². The van der Waals surface area contributed by atoms with Crippen molar-refractivity contribution < 1.29 is 4.42 Å². The van der Waals surface area contributed by atoms with E-state index in [-0.39, 0.29) is 0 Å². The number of benzene rings is 1. The van der Waals surface area contributed by atoms with Gasteiger partial charge in [-0.25, -0.2) is 4.98 Å². The number of hydrogen-bond acceptors (Lipinski definition) is 9. The summed E-state index contributed by atoms with van der Waals surface area (Å²) in [4.78, 5) is 20.3. The third-order valence-corrected chi connectivity index (χ3v) is 6.11. The van der Waals surface area contributed by atoms with Crippen LogP contribution in [0.5, 0.6) is 0 Å². The Kier molecular flexibility index (Phi) is 7.09. The smallest absolute Gasteiger partial charge is 0.235 e. The Hall–Kier alpha value is -2.88. The standard InChI is InChI=1S/C21H21Cl2N7OS/c1-3-30(4-2)20-27-18(24-11-14-6-5-9-31-14)26-19(28-20)29-21-25-17(12-32-21)13-7-8-15(22)16(23)10-13/h5-10,12H,3-4,11H2,1-2H3,(H2,24,25,26,27,28,29). The highest BCUT2D eigenvalue weighted by atomic mass is 35.5. The molecule has 0 aliphatic carbocycles. The van der Waals surface area contributed by atoms with Gasteiger partial charge in [-0.2, -0.15) is 15.0 Å². The molecule has 4 rings (SSSR count). The molecular weight excluding hydrogens is 469 g/mol. The summed E-state index contributed by atoms with van der Waals surface area (Å²) in [6.07, 6.45) is 1.63. The molecule has 166 valence electrons. The highest BCUT2D eigenvalue weighted by Gasteiger charge is 2.14. The predicted molar refractivity (Wildman–Crippen MR) is 130 cm³/mol. The highest BCUT2D eigenvalue weighted by Crippen LogP contribution is 2.31. The molecule has 1 aromatic carbocycles. The van der Waals surface area contributed by atoms with Crippen molar-refractivity contribution in [2.24, 2.45) is 0 Å². The van der Waals surface area contributed by atoms with E-state index in [2.05, 4.69) is 44.4 Å². The van der Waals surface area contributed by atoms with Crippen LogP contribution in [0, 0.1) is 0 Å². The molecule has 32 heavy (non-hydrogen) atoms.